The molecule has 10 nitrogen and oxygen atoms in total. The number of rotatable bonds is 6. The number of amidine groups is 1. The lowest BCUT2D eigenvalue weighted by Gasteiger charge is -2.30. The number of imide groups is 1. The molecule has 0 spiro atoms. The van der Waals surface area contributed by atoms with Gasteiger partial charge in [-0.1, -0.05) is 4.99 Å². The number of nitrogens with zero attached hydrogens (tertiary/aromatic N) is 5. The highest BCUT2D eigenvalue weighted by molar-refractivity contribution is 6.18. The zero-order valence-electron chi connectivity index (χ0n) is 17.7. The number of ether oxygens (including phenoxy) is 2. The van der Waals surface area contributed by atoms with Crippen LogP contribution in [-0.2, 0) is 11.3 Å². The minimum Gasteiger partial charge on any atom is -0.497 e. The normalized spacial score (nSPS) is 17.6. The minimum absolute atomic E-state index is 0.279. The number of hydrogen-bond acceptors (Lipinski definition) is 6. The maximum absolute atomic E-state index is 12.7. The van der Waals surface area contributed by atoms with E-state index in [0.29, 0.717) is 30.6 Å². The predicted octanol–water partition coefficient (Wildman–Crippen LogP) is 1.32. The molecular weight excluding hydrogens is 388 g/mol. The van der Waals surface area contributed by atoms with Crippen LogP contribution in [0.15, 0.2) is 29.4 Å². The standard InChI is InChI=1S/C20H25N6O4/c1-12-11-26-16-17(23(2)20(28)24(3)18(16)27)22-19(26)25(12)9-8-21-14-7-6-13(29-4)10-15(14)30-5/h6-7,10-11,16,21H,8-9H2,1-5H3/q+1. The lowest BCUT2D eigenvalue weighted by molar-refractivity contribution is -0.677. The molecule has 3 amide bonds. The van der Waals surface area contributed by atoms with Gasteiger partial charge in [-0.05, 0) is 19.1 Å². The third kappa shape index (κ3) is 2.95. The van der Waals surface area contributed by atoms with E-state index >= 15 is 0 Å². The highest BCUT2D eigenvalue weighted by Gasteiger charge is 2.52. The van der Waals surface area contributed by atoms with E-state index < -0.39 is 6.04 Å². The van der Waals surface area contributed by atoms with Gasteiger partial charge in [0.15, 0.2) is 0 Å². The van der Waals surface area contributed by atoms with Gasteiger partial charge < -0.3 is 14.8 Å². The van der Waals surface area contributed by atoms with Crippen LogP contribution in [0.5, 0.6) is 11.5 Å². The third-order valence-corrected chi connectivity index (χ3v) is 5.50. The van der Waals surface area contributed by atoms with Gasteiger partial charge in [0.25, 0.3) is 5.91 Å². The first-order chi connectivity index (χ1) is 14.4. The van der Waals surface area contributed by atoms with Crippen LogP contribution in [0.25, 0.3) is 0 Å². The SMILES string of the molecule is COc1ccc(NCCn2c(C)c[n+]3c2N=C2C3C(=O)N(C)C(=O)N2C)c(OC)c1. The number of carbonyl (C=O) groups excluding carboxylic acids is 2. The largest absolute Gasteiger partial charge is 0.497 e. The summed E-state index contributed by atoms with van der Waals surface area (Å²) in [5.74, 6) is 2.24. The second kappa shape index (κ2) is 7.36. The Kier molecular flexibility index (Phi) is 4.84. The van der Waals surface area contributed by atoms with Crippen molar-refractivity contribution in [3.8, 4) is 11.5 Å². The van der Waals surface area contributed by atoms with Gasteiger partial charge in [-0.25, -0.2) is 13.9 Å². The first-order valence-corrected chi connectivity index (χ1v) is 9.58. The van der Waals surface area contributed by atoms with Crippen LogP contribution in [0.1, 0.15) is 11.7 Å². The van der Waals surface area contributed by atoms with Gasteiger partial charge in [0.1, 0.15) is 23.4 Å². The summed E-state index contributed by atoms with van der Waals surface area (Å²) in [6, 6.07) is 4.61. The van der Waals surface area contributed by atoms with Gasteiger partial charge in [0.05, 0.1) is 26.5 Å². The number of aryl methyl sites for hydroxylation is 1. The monoisotopic (exact) mass is 413 g/mol. The van der Waals surface area contributed by atoms with E-state index in [2.05, 4.69) is 10.3 Å². The number of aliphatic imine (C=N–C) groups is 1. The van der Waals surface area contributed by atoms with Crippen molar-refractivity contribution in [2.24, 2.45) is 4.99 Å². The fraction of sp³-hybridized carbons (Fsp3) is 0.400. The minimum atomic E-state index is -0.609. The molecule has 1 saturated heterocycles. The van der Waals surface area contributed by atoms with Crippen molar-refractivity contribution in [1.29, 1.82) is 0 Å². The van der Waals surface area contributed by atoms with Gasteiger partial charge in [-0.15, -0.1) is 0 Å². The maximum Gasteiger partial charge on any atom is 0.401 e. The molecule has 2 aliphatic heterocycles. The summed E-state index contributed by atoms with van der Waals surface area (Å²) in [5.41, 5.74) is 1.83. The number of hydrogen-bond donors (Lipinski definition) is 1. The van der Waals surface area contributed by atoms with E-state index in [0.717, 1.165) is 22.0 Å². The zero-order valence-corrected chi connectivity index (χ0v) is 17.7. The average Bonchev–Trinajstić information content (AvgIpc) is 3.26. The van der Waals surface area contributed by atoms with Gasteiger partial charge >= 0.3 is 12.0 Å². The lowest BCUT2D eigenvalue weighted by atomic mass is 10.2. The Bertz CT molecular complexity index is 1060. The molecule has 0 bridgehead atoms. The highest BCUT2D eigenvalue weighted by atomic mass is 16.5. The number of urea groups is 1. The summed E-state index contributed by atoms with van der Waals surface area (Å²) >= 11 is 0. The van der Waals surface area contributed by atoms with Crippen molar-refractivity contribution >= 4 is 29.4 Å². The van der Waals surface area contributed by atoms with Crippen LogP contribution in [0.3, 0.4) is 0 Å². The molecule has 3 heterocycles. The second-order valence-electron chi connectivity index (χ2n) is 7.23. The molecule has 1 fully saturated rings. The smallest absolute Gasteiger partial charge is 0.401 e. The molecule has 0 saturated carbocycles. The first-order valence-electron chi connectivity index (χ1n) is 9.58. The van der Waals surface area contributed by atoms with Crippen LogP contribution in [0.2, 0.25) is 0 Å². The Morgan fingerprint density at radius 2 is 1.93 bits per heavy atom. The summed E-state index contributed by atoms with van der Waals surface area (Å²) in [4.78, 5) is 32.1. The molecule has 1 aromatic heterocycles. The number of methoxy groups -OCH3 is 2. The zero-order chi connectivity index (χ0) is 21.6. The number of fused-ring (bicyclic) bond motifs is 3. The molecular formula is C20H25N6O4+. The number of nitrogens with one attached hydrogen (secondary N) is 1. The fourth-order valence-corrected chi connectivity index (χ4v) is 3.83. The van der Waals surface area contributed by atoms with Crippen LogP contribution in [0.4, 0.5) is 16.4 Å². The van der Waals surface area contributed by atoms with Crippen LogP contribution in [0, 0.1) is 6.92 Å². The van der Waals surface area contributed by atoms with Crippen molar-refractivity contribution in [3.63, 3.8) is 0 Å². The summed E-state index contributed by atoms with van der Waals surface area (Å²) in [5, 5.41) is 3.37. The number of carbonyl (C=O) groups is 2. The number of imidazole rings is 1. The number of amides is 3. The molecule has 30 heavy (non-hydrogen) atoms. The molecule has 0 radical (unpaired) electrons. The Labute approximate surface area is 174 Å². The van der Waals surface area contributed by atoms with Crippen molar-refractivity contribution in [2.45, 2.75) is 19.5 Å². The molecule has 2 aliphatic rings. The van der Waals surface area contributed by atoms with Gasteiger partial charge in [-0.2, -0.15) is 0 Å². The van der Waals surface area contributed by atoms with Crippen LogP contribution >= 0.6 is 0 Å². The van der Waals surface area contributed by atoms with E-state index in [1.54, 1.807) is 21.3 Å². The Hall–Kier alpha value is -3.56. The van der Waals surface area contributed by atoms with Crippen molar-refractivity contribution < 1.29 is 23.6 Å². The third-order valence-electron chi connectivity index (χ3n) is 5.50. The topological polar surface area (TPSA) is 92.3 Å². The summed E-state index contributed by atoms with van der Waals surface area (Å²) in [7, 11) is 6.36. The maximum atomic E-state index is 12.7. The van der Waals surface area contributed by atoms with E-state index in [1.807, 2.05) is 40.5 Å². The molecule has 1 atom stereocenters. The van der Waals surface area contributed by atoms with Gasteiger partial charge in [0, 0.05) is 26.7 Å². The quantitative estimate of drug-likeness (QED) is 0.721. The van der Waals surface area contributed by atoms with Gasteiger partial charge in [-0.3, -0.25) is 14.6 Å². The fourth-order valence-electron chi connectivity index (χ4n) is 3.83. The summed E-state index contributed by atoms with van der Waals surface area (Å²) < 4.78 is 14.5. The predicted molar refractivity (Wildman–Crippen MR) is 109 cm³/mol. The molecule has 1 unspecified atom stereocenters. The van der Waals surface area contributed by atoms with Crippen molar-refractivity contribution in [3.05, 3.63) is 30.1 Å². The first kappa shape index (κ1) is 19.7. The van der Waals surface area contributed by atoms with Crippen LogP contribution < -0.4 is 19.4 Å². The van der Waals surface area contributed by atoms with E-state index in [-0.39, 0.29) is 11.9 Å². The molecule has 1 N–H and O–H groups in total. The second-order valence-corrected chi connectivity index (χ2v) is 7.23. The molecule has 10 heteroatoms. The van der Waals surface area contributed by atoms with E-state index in [4.69, 9.17) is 9.47 Å². The van der Waals surface area contributed by atoms with E-state index in [1.165, 1.54) is 11.9 Å². The summed E-state index contributed by atoms with van der Waals surface area (Å²) in [6.07, 6.45) is 1.90. The number of aromatic nitrogens is 2. The molecule has 0 aliphatic carbocycles. The lowest BCUT2D eigenvalue weighted by Crippen LogP contribution is -2.61. The van der Waals surface area contributed by atoms with Gasteiger partial charge in [0.2, 0.25) is 11.9 Å². The Morgan fingerprint density at radius 1 is 1.17 bits per heavy atom. The van der Waals surface area contributed by atoms with Crippen molar-refractivity contribution in [2.75, 3.05) is 40.2 Å². The average molecular weight is 413 g/mol. The molecule has 4 rings (SSSR count). The number of benzene rings is 1. The molecule has 2 aromatic rings. The molecule has 158 valence electrons. The highest BCUT2D eigenvalue weighted by Crippen LogP contribution is 2.30. The van der Waals surface area contributed by atoms with Crippen molar-refractivity contribution in [1.82, 2.24) is 14.4 Å². The Morgan fingerprint density at radius 3 is 2.63 bits per heavy atom. The van der Waals surface area contributed by atoms with E-state index in [9.17, 15) is 9.59 Å². The molecule has 1 aromatic carbocycles. The summed E-state index contributed by atoms with van der Waals surface area (Å²) in [6.45, 7) is 3.21. The number of anilines is 1. The number of likely N-dealkylation sites (N-methyl/N-ethyl adjacent to an activating group) is 2. The Balaban J connectivity index is 1.56. The van der Waals surface area contributed by atoms with Crippen LogP contribution in [-0.4, -0.2) is 67.0 Å².